The van der Waals surface area contributed by atoms with Gasteiger partial charge in [0.2, 0.25) is 0 Å². The van der Waals surface area contributed by atoms with Crippen LogP contribution in [0.1, 0.15) is 19.5 Å². The van der Waals surface area contributed by atoms with Gasteiger partial charge < -0.3 is 9.64 Å². The number of morpholine rings is 1. The van der Waals surface area contributed by atoms with E-state index in [0.29, 0.717) is 24.6 Å². The average molecular weight is 478 g/mol. The van der Waals surface area contributed by atoms with E-state index in [2.05, 4.69) is 15.1 Å². The van der Waals surface area contributed by atoms with Crippen molar-refractivity contribution >= 4 is 23.5 Å². The number of imidazole rings is 1. The number of alkyl halides is 3. The van der Waals surface area contributed by atoms with E-state index in [9.17, 15) is 22.4 Å². The van der Waals surface area contributed by atoms with Crippen LogP contribution in [0.2, 0.25) is 0 Å². The highest BCUT2D eigenvalue weighted by atomic mass is 19.4. The number of carbonyl (C=O) groups excluding carboxylic acids is 1. The van der Waals surface area contributed by atoms with E-state index in [0.717, 1.165) is 5.01 Å². The average Bonchev–Trinajstić information content (AvgIpc) is 3.33. The summed E-state index contributed by atoms with van der Waals surface area (Å²) in [5, 5.41) is 5.15. The number of pyridine rings is 1. The van der Waals surface area contributed by atoms with Crippen LogP contribution in [-0.4, -0.2) is 81.2 Å². The molecule has 3 aliphatic rings. The second kappa shape index (κ2) is 8.19. The maximum atomic E-state index is 13.9. The lowest BCUT2D eigenvalue weighted by Gasteiger charge is -2.39. The number of ether oxygens (including phenoxy) is 1. The van der Waals surface area contributed by atoms with Crippen molar-refractivity contribution < 1.29 is 27.1 Å². The number of nitrogens with zero attached hydrogens (tertiary/aromatic N) is 6. The van der Waals surface area contributed by atoms with Gasteiger partial charge in [-0.2, -0.15) is 18.3 Å². The lowest BCUT2D eigenvalue weighted by molar-refractivity contribution is -0.148. The van der Waals surface area contributed by atoms with Gasteiger partial charge >= 0.3 is 6.18 Å². The molecular formula is C22H22F4N6O2. The van der Waals surface area contributed by atoms with Gasteiger partial charge in [-0.25, -0.2) is 9.37 Å². The van der Waals surface area contributed by atoms with Crippen LogP contribution >= 0.6 is 0 Å². The maximum Gasteiger partial charge on any atom is 0.407 e. The molecule has 180 valence electrons. The molecule has 0 spiro atoms. The third-order valence-corrected chi connectivity index (χ3v) is 6.16. The number of rotatable bonds is 3. The summed E-state index contributed by atoms with van der Waals surface area (Å²) >= 11 is 0. The van der Waals surface area contributed by atoms with Gasteiger partial charge in [0, 0.05) is 12.4 Å². The Kier molecular flexibility index (Phi) is 5.42. The second-order valence-corrected chi connectivity index (χ2v) is 8.71. The molecule has 0 N–H and O–H groups in total. The number of aliphatic imine (C=N–C) groups is 1. The van der Waals surface area contributed by atoms with Gasteiger partial charge in [-0.1, -0.05) is 0 Å². The van der Waals surface area contributed by atoms with Gasteiger partial charge in [0.15, 0.2) is 0 Å². The van der Waals surface area contributed by atoms with Crippen LogP contribution < -0.4 is 0 Å². The molecule has 1 fully saturated rings. The largest absolute Gasteiger partial charge is 0.407 e. The number of fused-ring (bicyclic) bond motifs is 2. The molecule has 0 radical (unpaired) electrons. The van der Waals surface area contributed by atoms with Crippen molar-refractivity contribution in [1.82, 2.24) is 19.3 Å². The lowest BCUT2D eigenvalue weighted by Crippen LogP contribution is -2.53. The van der Waals surface area contributed by atoms with Gasteiger partial charge in [0.1, 0.15) is 23.7 Å². The van der Waals surface area contributed by atoms with E-state index >= 15 is 0 Å². The fraction of sp³-hybridized carbons (Fsp3) is 0.455. The number of aromatic nitrogens is 2. The number of hydrogen-bond acceptors (Lipinski definition) is 6. The smallest absolute Gasteiger partial charge is 0.377 e. The highest BCUT2D eigenvalue weighted by Gasteiger charge is 2.44. The number of hydrogen-bond donors (Lipinski definition) is 0. The molecule has 3 aliphatic heterocycles. The Bertz CT molecular complexity index is 1210. The maximum absolute atomic E-state index is 13.9. The summed E-state index contributed by atoms with van der Waals surface area (Å²) in [5.74, 6) is -1.55. The summed E-state index contributed by atoms with van der Waals surface area (Å²) in [6.45, 7) is 3.13. The lowest BCUT2D eigenvalue weighted by atomic mass is 9.92. The molecule has 0 aromatic carbocycles. The first kappa shape index (κ1) is 22.5. The molecule has 5 heterocycles. The van der Waals surface area contributed by atoms with Crippen molar-refractivity contribution in [1.29, 1.82) is 0 Å². The third-order valence-electron chi connectivity index (χ3n) is 6.16. The van der Waals surface area contributed by atoms with Gasteiger partial charge in [-0.05, 0) is 32.1 Å². The minimum Gasteiger partial charge on any atom is -0.377 e. The topological polar surface area (TPSA) is 74.8 Å². The van der Waals surface area contributed by atoms with Crippen LogP contribution in [0.5, 0.6) is 0 Å². The summed E-state index contributed by atoms with van der Waals surface area (Å²) in [6, 6.07) is 1.45. The Hall–Kier alpha value is -3.28. The minimum absolute atomic E-state index is 0.0645. The quantitative estimate of drug-likeness (QED) is 0.636. The van der Waals surface area contributed by atoms with E-state index < -0.39 is 30.5 Å². The molecule has 1 saturated heterocycles. The van der Waals surface area contributed by atoms with Crippen LogP contribution in [0.4, 0.5) is 17.6 Å². The van der Waals surface area contributed by atoms with E-state index in [1.807, 2.05) is 13.8 Å². The highest BCUT2D eigenvalue weighted by Crippen LogP contribution is 2.33. The Morgan fingerprint density at radius 1 is 1.21 bits per heavy atom. The Morgan fingerprint density at radius 3 is 2.65 bits per heavy atom. The molecule has 0 bridgehead atoms. The summed E-state index contributed by atoms with van der Waals surface area (Å²) in [5.41, 5.74) is 1.13. The molecule has 4 atom stereocenters. The number of hydrazone groups is 1. The molecule has 2 aromatic rings. The van der Waals surface area contributed by atoms with E-state index in [1.54, 1.807) is 4.90 Å². The highest BCUT2D eigenvalue weighted by molar-refractivity contribution is 6.12. The summed E-state index contributed by atoms with van der Waals surface area (Å²) < 4.78 is 60.9. The summed E-state index contributed by atoms with van der Waals surface area (Å²) in [7, 11) is 0. The first-order chi connectivity index (χ1) is 16.1. The van der Waals surface area contributed by atoms with Gasteiger partial charge in [0.05, 0.1) is 54.9 Å². The first-order valence-corrected chi connectivity index (χ1v) is 10.8. The van der Waals surface area contributed by atoms with E-state index in [-0.39, 0.29) is 29.4 Å². The number of halogens is 4. The zero-order valence-electron chi connectivity index (χ0n) is 18.4. The molecule has 12 heteroatoms. The van der Waals surface area contributed by atoms with Crippen LogP contribution in [0.15, 0.2) is 46.4 Å². The van der Waals surface area contributed by atoms with Gasteiger partial charge in [0.25, 0.3) is 5.91 Å². The predicted octanol–water partition coefficient (Wildman–Crippen LogP) is 2.64. The number of carbonyl (C=O) groups is 1. The standard InChI is InChI=1S/C22H22F4N6O2/c1-12-9-34-10-13(2)32(12)21(33)16-5-17-15(6-27-16)20(29-31(17)11-22(24,25)26)18-7-28-19-4-3-14(23)8-30(18)19/h3-8,12-13,15,17H,9-11H2,1-2H3/t12-,13+,15?,17?. The number of amides is 1. The first-order valence-electron chi connectivity index (χ1n) is 10.8. The SMILES string of the molecule is C[C@@H]1COC[C@H](C)N1C(=O)C1=CC2C(C=N1)C(c1cnc3ccc(F)cn13)=NN2CC(F)(F)F. The molecule has 2 aromatic heterocycles. The molecule has 5 rings (SSSR count). The molecular weight excluding hydrogens is 456 g/mol. The Morgan fingerprint density at radius 2 is 1.94 bits per heavy atom. The van der Waals surface area contributed by atoms with Crippen LogP contribution in [0.3, 0.4) is 0 Å². The van der Waals surface area contributed by atoms with Crippen LogP contribution in [-0.2, 0) is 9.53 Å². The van der Waals surface area contributed by atoms with Crippen molar-refractivity contribution in [2.75, 3.05) is 19.8 Å². The minimum atomic E-state index is -4.52. The van der Waals surface area contributed by atoms with Crippen molar-refractivity contribution in [2.24, 2.45) is 16.0 Å². The van der Waals surface area contributed by atoms with Crippen molar-refractivity contribution in [3.05, 3.63) is 47.8 Å². The second-order valence-electron chi connectivity index (χ2n) is 8.71. The molecule has 2 unspecified atom stereocenters. The van der Waals surface area contributed by atoms with Gasteiger partial charge in [-0.15, -0.1) is 0 Å². The van der Waals surface area contributed by atoms with Crippen molar-refractivity contribution in [3.63, 3.8) is 0 Å². The third kappa shape index (κ3) is 3.95. The van der Waals surface area contributed by atoms with Crippen LogP contribution in [0, 0.1) is 11.7 Å². The zero-order valence-corrected chi connectivity index (χ0v) is 18.4. The fourth-order valence-corrected chi connectivity index (χ4v) is 4.69. The monoisotopic (exact) mass is 478 g/mol. The Balaban J connectivity index is 1.51. The molecule has 0 aliphatic carbocycles. The fourth-order valence-electron chi connectivity index (χ4n) is 4.69. The summed E-state index contributed by atoms with van der Waals surface area (Å²) in [4.78, 5) is 23.4. The molecule has 0 saturated carbocycles. The molecule has 8 nitrogen and oxygen atoms in total. The zero-order chi connectivity index (χ0) is 24.2. The van der Waals surface area contributed by atoms with Crippen LogP contribution in [0.25, 0.3) is 5.65 Å². The van der Waals surface area contributed by atoms with Crippen molar-refractivity contribution in [3.8, 4) is 0 Å². The van der Waals surface area contributed by atoms with E-state index in [4.69, 9.17) is 4.74 Å². The van der Waals surface area contributed by atoms with E-state index in [1.165, 1.54) is 41.2 Å². The molecule has 34 heavy (non-hydrogen) atoms. The predicted molar refractivity (Wildman–Crippen MR) is 115 cm³/mol. The van der Waals surface area contributed by atoms with Crippen molar-refractivity contribution in [2.45, 2.75) is 38.1 Å². The molecule has 1 amide bonds. The normalized spacial score (nSPS) is 27.1. The van der Waals surface area contributed by atoms with Gasteiger partial charge in [-0.3, -0.25) is 19.2 Å². The Labute approximate surface area is 192 Å². The summed E-state index contributed by atoms with van der Waals surface area (Å²) in [6.07, 6.45) is 1.01.